The summed E-state index contributed by atoms with van der Waals surface area (Å²) in [6, 6.07) is 14.4. The predicted molar refractivity (Wildman–Crippen MR) is 134 cm³/mol. The molecule has 9 heteroatoms. The fraction of sp³-hybridized carbons (Fsp3) is 0.296. The van der Waals surface area contributed by atoms with E-state index in [4.69, 9.17) is 26.8 Å². The molecule has 3 aliphatic rings. The van der Waals surface area contributed by atoms with Crippen LogP contribution in [0, 0.1) is 11.8 Å². The van der Waals surface area contributed by atoms with Crippen LogP contribution in [0.2, 0.25) is 5.02 Å². The van der Waals surface area contributed by atoms with Gasteiger partial charge in [0, 0.05) is 16.9 Å². The van der Waals surface area contributed by atoms with Crippen LogP contribution in [0.1, 0.15) is 45.6 Å². The highest BCUT2D eigenvalue weighted by Crippen LogP contribution is 2.54. The summed E-state index contributed by atoms with van der Waals surface area (Å²) in [5, 5.41) is 2.38. The predicted octanol–water partition coefficient (Wildman–Crippen LogP) is 4.56. The van der Waals surface area contributed by atoms with Crippen molar-refractivity contribution in [2.75, 3.05) is 6.79 Å². The van der Waals surface area contributed by atoms with Crippen molar-refractivity contribution in [3.8, 4) is 11.5 Å². The van der Waals surface area contributed by atoms with Crippen molar-refractivity contribution in [1.29, 1.82) is 0 Å². The van der Waals surface area contributed by atoms with Gasteiger partial charge in [0.1, 0.15) is 6.04 Å². The lowest BCUT2D eigenvalue weighted by Gasteiger charge is -2.31. The molecule has 0 spiro atoms. The van der Waals surface area contributed by atoms with Crippen molar-refractivity contribution in [2.45, 2.75) is 30.8 Å². The van der Waals surface area contributed by atoms with Crippen molar-refractivity contribution in [3.63, 3.8) is 0 Å². The second kappa shape index (κ2) is 8.94. The fourth-order valence-electron chi connectivity index (χ4n) is 5.47. The Labute approximate surface area is 216 Å². The molecule has 1 saturated heterocycles. The van der Waals surface area contributed by atoms with Crippen molar-refractivity contribution in [2.24, 2.45) is 17.6 Å². The lowest BCUT2D eigenvalue weighted by atomic mass is 9.77. The maximum atomic E-state index is 14.1. The normalized spacial score (nSPS) is 24.6. The first-order valence-corrected chi connectivity index (χ1v) is 13.0. The molecule has 2 N–H and O–H groups in total. The van der Waals surface area contributed by atoms with Gasteiger partial charge in [0.15, 0.2) is 17.3 Å². The van der Waals surface area contributed by atoms with Crippen molar-refractivity contribution >= 4 is 40.5 Å². The Bertz CT molecular complexity index is 1340. The molecule has 3 heterocycles. The topological polar surface area (TPSA) is 98.9 Å². The Morgan fingerprint density at radius 1 is 0.972 bits per heavy atom. The van der Waals surface area contributed by atoms with Gasteiger partial charge in [0.05, 0.1) is 16.8 Å². The number of rotatable bonds is 6. The summed E-state index contributed by atoms with van der Waals surface area (Å²) < 4.78 is 11.1. The van der Waals surface area contributed by atoms with Gasteiger partial charge in [-0.25, -0.2) is 0 Å². The maximum absolute atomic E-state index is 14.1. The van der Waals surface area contributed by atoms with Gasteiger partial charge in [-0.15, -0.1) is 11.3 Å². The summed E-state index contributed by atoms with van der Waals surface area (Å²) in [5.74, 6) is -1.36. The highest BCUT2D eigenvalue weighted by molar-refractivity contribution is 7.12. The summed E-state index contributed by atoms with van der Waals surface area (Å²) in [4.78, 5) is 43.1. The van der Waals surface area contributed by atoms with Crippen LogP contribution in [0.3, 0.4) is 0 Å². The smallest absolute Gasteiger partial charge is 0.240 e. The minimum Gasteiger partial charge on any atom is -0.454 e. The van der Waals surface area contributed by atoms with E-state index >= 15 is 0 Å². The van der Waals surface area contributed by atoms with Crippen LogP contribution < -0.4 is 15.2 Å². The summed E-state index contributed by atoms with van der Waals surface area (Å²) in [6.07, 6.45) is 1.51. The standard InChI is InChI=1S/C27H23ClN2O5S/c28-17-8-5-14(6-9-17)21-22(25(31)20-2-1-11-36-20)23(16-7-10-18-19(12-16)35-13-34-18)30(24(21)26(29)32)27(33)15-3-4-15/h1-2,5-12,15,21-24H,3-4,13H2,(H2,29,32). The van der Waals surface area contributed by atoms with Gasteiger partial charge in [-0.1, -0.05) is 35.9 Å². The number of fused-ring (bicyclic) bond motifs is 1. The molecule has 0 radical (unpaired) electrons. The molecule has 1 saturated carbocycles. The van der Waals surface area contributed by atoms with Crippen LogP contribution in [0.15, 0.2) is 60.0 Å². The number of halogens is 1. The number of carbonyl (C=O) groups is 3. The van der Waals surface area contributed by atoms with Crippen LogP contribution in [0.4, 0.5) is 0 Å². The molecule has 2 fully saturated rings. The number of likely N-dealkylation sites (tertiary alicyclic amines) is 1. The SMILES string of the molecule is NC(=O)C1C(c2ccc(Cl)cc2)C(C(=O)c2cccs2)C(c2ccc3c(c2)OCO3)N1C(=O)C1CC1. The fourth-order valence-corrected chi connectivity index (χ4v) is 6.31. The number of ketones is 1. The lowest BCUT2D eigenvalue weighted by Crippen LogP contribution is -2.47. The molecule has 4 unspecified atom stereocenters. The number of thiophene rings is 1. The van der Waals surface area contributed by atoms with Gasteiger partial charge in [0.25, 0.3) is 0 Å². The van der Waals surface area contributed by atoms with E-state index in [2.05, 4.69) is 0 Å². The number of benzene rings is 2. The second-order valence-corrected chi connectivity index (χ2v) is 10.8. The van der Waals surface area contributed by atoms with Gasteiger partial charge in [0.2, 0.25) is 18.6 Å². The zero-order valence-corrected chi connectivity index (χ0v) is 20.7. The van der Waals surface area contributed by atoms with Crippen molar-refractivity contribution < 1.29 is 23.9 Å². The Hall–Kier alpha value is -3.36. The summed E-state index contributed by atoms with van der Waals surface area (Å²) in [5.41, 5.74) is 7.43. The molecular formula is C27H23ClN2O5S. The molecule has 2 aliphatic heterocycles. The molecule has 2 amide bonds. The van der Waals surface area contributed by atoms with Crippen LogP contribution in [-0.4, -0.2) is 35.3 Å². The summed E-state index contributed by atoms with van der Waals surface area (Å²) in [7, 11) is 0. The quantitative estimate of drug-likeness (QED) is 0.478. The zero-order valence-electron chi connectivity index (χ0n) is 19.1. The first-order chi connectivity index (χ1) is 17.4. The van der Waals surface area contributed by atoms with E-state index in [1.165, 1.54) is 11.3 Å². The van der Waals surface area contributed by atoms with Gasteiger partial charge >= 0.3 is 0 Å². The minimum atomic E-state index is -0.997. The molecule has 6 rings (SSSR count). The van der Waals surface area contributed by atoms with Crippen LogP contribution in [0.25, 0.3) is 0 Å². The highest BCUT2D eigenvalue weighted by Gasteiger charge is 2.58. The summed E-state index contributed by atoms with van der Waals surface area (Å²) in [6.45, 7) is 0.100. The number of ether oxygens (including phenoxy) is 2. The number of carbonyl (C=O) groups excluding carboxylic acids is 3. The van der Waals surface area contributed by atoms with Crippen LogP contribution in [-0.2, 0) is 9.59 Å². The Kier molecular flexibility index (Phi) is 5.73. The molecule has 184 valence electrons. The van der Waals surface area contributed by atoms with Gasteiger partial charge in [-0.3, -0.25) is 14.4 Å². The molecule has 0 bridgehead atoms. The van der Waals surface area contributed by atoms with Gasteiger partial charge in [-0.05, 0) is 59.7 Å². The minimum absolute atomic E-state index is 0.100. The molecule has 7 nitrogen and oxygen atoms in total. The lowest BCUT2D eigenvalue weighted by molar-refractivity contribution is -0.140. The third-order valence-electron chi connectivity index (χ3n) is 7.20. The van der Waals surface area contributed by atoms with E-state index < -0.39 is 29.8 Å². The molecule has 1 aromatic heterocycles. The van der Waals surface area contributed by atoms with Crippen LogP contribution >= 0.6 is 22.9 Å². The third-order valence-corrected chi connectivity index (χ3v) is 8.34. The van der Waals surface area contributed by atoms with Crippen molar-refractivity contribution in [1.82, 2.24) is 4.90 Å². The average Bonchev–Trinajstić information content (AvgIpc) is 3.26. The Morgan fingerprint density at radius 2 is 1.69 bits per heavy atom. The number of hydrogen-bond donors (Lipinski definition) is 1. The number of nitrogens with zero attached hydrogens (tertiary/aromatic N) is 1. The second-order valence-electron chi connectivity index (χ2n) is 9.37. The number of Topliss-reactive ketones (excluding diaryl/α,β-unsaturated/α-hetero) is 1. The first kappa shape index (κ1) is 23.1. The number of amides is 2. The Morgan fingerprint density at radius 3 is 2.36 bits per heavy atom. The van der Waals surface area contributed by atoms with E-state index in [1.807, 2.05) is 17.5 Å². The largest absolute Gasteiger partial charge is 0.454 e. The molecule has 3 aromatic rings. The molecule has 4 atom stereocenters. The van der Waals surface area contributed by atoms with Gasteiger partial charge < -0.3 is 20.1 Å². The summed E-state index contributed by atoms with van der Waals surface area (Å²) >= 11 is 7.50. The first-order valence-electron chi connectivity index (χ1n) is 11.8. The molecule has 2 aromatic carbocycles. The van der Waals surface area contributed by atoms with E-state index in [9.17, 15) is 14.4 Å². The van der Waals surface area contributed by atoms with Crippen molar-refractivity contribution in [3.05, 3.63) is 81.0 Å². The molecule has 1 aliphatic carbocycles. The van der Waals surface area contributed by atoms with Crippen LogP contribution in [0.5, 0.6) is 11.5 Å². The number of nitrogens with two attached hydrogens (primary N) is 1. The number of hydrogen-bond acceptors (Lipinski definition) is 6. The molecular weight excluding hydrogens is 500 g/mol. The van der Waals surface area contributed by atoms with E-state index in [-0.39, 0.29) is 24.4 Å². The van der Waals surface area contributed by atoms with Gasteiger partial charge in [-0.2, -0.15) is 0 Å². The zero-order chi connectivity index (χ0) is 25.0. The highest BCUT2D eigenvalue weighted by atomic mass is 35.5. The maximum Gasteiger partial charge on any atom is 0.240 e. The monoisotopic (exact) mass is 522 g/mol. The molecule has 36 heavy (non-hydrogen) atoms. The van der Waals surface area contributed by atoms with E-state index in [0.717, 1.165) is 18.4 Å². The third kappa shape index (κ3) is 3.85. The average molecular weight is 523 g/mol. The van der Waals surface area contributed by atoms with E-state index in [0.29, 0.717) is 27.0 Å². The number of primary amides is 1. The Balaban J connectivity index is 1.57. The van der Waals surface area contributed by atoms with E-state index in [1.54, 1.807) is 47.4 Å².